The quantitative estimate of drug-likeness (QED) is 0.328. The maximum atomic E-state index is 12.6. The van der Waals surface area contributed by atoms with E-state index < -0.39 is 17.7 Å². The van der Waals surface area contributed by atoms with Crippen molar-refractivity contribution in [3.05, 3.63) is 45.0 Å². The molecule has 110 valence electrons. The average Bonchev–Trinajstić information content (AvgIpc) is 2.38. The molecule has 0 aliphatic rings. The van der Waals surface area contributed by atoms with E-state index in [1.807, 2.05) is 22.6 Å². The van der Waals surface area contributed by atoms with Gasteiger partial charge in [0.15, 0.2) is 0 Å². The Bertz CT molecular complexity index is 498. The number of carbonyl (C=O) groups excluding carboxylic acids is 1. The average molecular weight is 400 g/mol. The summed E-state index contributed by atoms with van der Waals surface area (Å²) >= 11 is 1.94. The summed E-state index contributed by atoms with van der Waals surface area (Å²) in [7, 11) is 1.25. The summed E-state index contributed by atoms with van der Waals surface area (Å²) in [4.78, 5) is 10.8. The number of benzene rings is 1. The fraction of sp³-hybridized carbons (Fsp3) is 0.308. The summed E-state index contributed by atoms with van der Waals surface area (Å²) in [5.41, 5.74) is -0.256. The van der Waals surface area contributed by atoms with Gasteiger partial charge in [-0.05, 0) is 46.4 Å². The highest BCUT2D eigenvalue weighted by Crippen LogP contribution is 2.31. The van der Waals surface area contributed by atoms with E-state index in [1.165, 1.54) is 25.3 Å². The van der Waals surface area contributed by atoms with Crippen molar-refractivity contribution >= 4 is 28.6 Å². The number of rotatable bonds is 5. The minimum absolute atomic E-state index is 0.0354. The Morgan fingerprint density at radius 3 is 2.70 bits per heavy atom. The molecule has 0 radical (unpaired) electrons. The molecule has 3 nitrogen and oxygen atoms in total. The van der Waals surface area contributed by atoms with E-state index in [0.29, 0.717) is 9.13 Å². The van der Waals surface area contributed by atoms with E-state index in [-0.39, 0.29) is 13.2 Å². The molecule has 7 heteroatoms. The second kappa shape index (κ2) is 7.63. The summed E-state index contributed by atoms with van der Waals surface area (Å²) in [6, 6.07) is 3.49. The topological polar surface area (TPSA) is 35.5 Å². The van der Waals surface area contributed by atoms with Gasteiger partial charge in [0.1, 0.15) is 0 Å². The molecule has 0 unspecified atom stereocenters. The molecule has 0 amide bonds. The molecule has 0 aliphatic carbocycles. The lowest BCUT2D eigenvalue weighted by Gasteiger charge is -2.10. The van der Waals surface area contributed by atoms with Crippen LogP contribution in [0.25, 0.3) is 0 Å². The van der Waals surface area contributed by atoms with E-state index in [1.54, 1.807) is 0 Å². The van der Waals surface area contributed by atoms with Crippen molar-refractivity contribution in [1.29, 1.82) is 0 Å². The fourth-order valence-electron chi connectivity index (χ4n) is 1.31. The van der Waals surface area contributed by atoms with Gasteiger partial charge < -0.3 is 9.47 Å². The van der Waals surface area contributed by atoms with Gasteiger partial charge in [-0.3, -0.25) is 0 Å². The first-order chi connectivity index (χ1) is 9.34. The number of hydrogen-bond acceptors (Lipinski definition) is 3. The Morgan fingerprint density at radius 2 is 2.10 bits per heavy atom. The van der Waals surface area contributed by atoms with Gasteiger partial charge in [-0.2, -0.15) is 13.2 Å². The second-order valence-corrected chi connectivity index (χ2v) is 4.91. The van der Waals surface area contributed by atoms with Crippen molar-refractivity contribution in [2.75, 3.05) is 13.7 Å². The normalized spacial score (nSPS) is 11.8. The molecule has 1 rings (SSSR count). The molecule has 0 aliphatic heterocycles. The van der Waals surface area contributed by atoms with Crippen molar-refractivity contribution in [1.82, 2.24) is 0 Å². The molecular formula is C13H12F3IO3. The number of methoxy groups -OCH3 is 1. The van der Waals surface area contributed by atoms with Crippen LogP contribution in [0.4, 0.5) is 13.2 Å². The van der Waals surface area contributed by atoms with Crippen LogP contribution in [-0.4, -0.2) is 19.7 Å². The number of carbonyl (C=O) groups is 1. The van der Waals surface area contributed by atoms with Crippen molar-refractivity contribution in [2.45, 2.75) is 12.8 Å². The number of alkyl halides is 3. The molecule has 0 saturated heterocycles. The van der Waals surface area contributed by atoms with Gasteiger partial charge in [0.05, 0.1) is 25.9 Å². The molecule has 0 bridgehead atoms. The lowest BCUT2D eigenvalue weighted by atomic mass is 10.1. The van der Waals surface area contributed by atoms with Crippen molar-refractivity contribution in [3.63, 3.8) is 0 Å². The number of halogens is 4. The van der Waals surface area contributed by atoms with E-state index in [2.05, 4.69) is 4.74 Å². The highest BCUT2D eigenvalue weighted by atomic mass is 127. The van der Waals surface area contributed by atoms with E-state index >= 15 is 0 Å². The van der Waals surface area contributed by atoms with Crippen molar-refractivity contribution < 1.29 is 27.4 Å². The van der Waals surface area contributed by atoms with Crippen LogP contribution in [0.15, 0.2) is 30.4 Å². The van der Waals surface area contributed by atoms with Gasteiger partial charge in [-0.25, -0.2) is 4.79 Å². The van der Waals surface area contributed by atoms with Gasteiger partial charge in [0.25, 0.3) is 0 Å². The van der Waals surface area contributed by atoms with Crippen LogP contribution in [0, 0.1) is 3.57 Å². The van der Waals surface area contributed by atoms with Gasteiger partial charge in [-0.15, -0.1) is 0 Å². The van der Waals surface area contributed by atoms with Gasteiger partial charge in [-0.1, -0.05) is 6.08 Å². The van der Waals surface area contributed by atoms with Gasteiger partial charge in [0, 0.05) is 9.65 Å². The Morgan fingerprint density at radius 1 is 1.40 bits per heavy atom. The van der Waals surface area contributed by atoms with Crippen LogP contribution in [0.3, 0.4) is 0 Å². The van der Waals surface area contributed by atoms with Gasteiger partial charge in [0.2, 0.25) is 0 Å². The first-order valence-electron chi connectivity index (χ1n) is 5.52. The highest BCUT2D eigenvalue weighted by molar-refractivity contribution is 14.1. The Balaban J connectivity index is 2.60. The molecule has 1 aromatic rings. The van der Waals surface area contributed by atoms with Crippen LogP contribution >= 0.6 is 22.6 Å². The minimum atomic E-state index is -4.37. The zero-order chi connectivity index (χ0) is 15.2. The monoisotopic (exact) mass is 400 g/mol. The Kier molecular flexibility index (Phi) is 6.47. The fourth-order valence-corrected chi connectivity index (χ4v) is 1.80. The Labute approximate surface area is 127 Å². The first-order valence-corrected chi connectivity index (χ1v) is 6.60. The van der Waals surface area contributed by atoms with Crippen molar-refractivity contribution in [2.24, 2.45) is 0 Å². The lowest BCUT2D eigenvalue weighted by Crippen LogP contribution is -2.07. The molecule has 0 fully saturated rings. The molecule has 1 aromatic carbocycles. The largest absolute Gasteiger partial charge is 0.466 e. The molecule has 0 saturated carbocycles. The predicted octanol–water partition coefficient (Wildman–Crippen LogP) is 3.56. The van der Waals surface area contributed by atoms with E-state index in [4.69, 9.17) is 4.74 Å². The van der Waals surface area contributed by atoms with E-state index in [0.717, 1.165) is 12.1 Å². The Hall–Kier alpha value is -1.09. The molecule has 20 heavy (non-hydrogen) atoms. The number of hydrogen-bond donors (Lipinski definition) is 0. The molecular weight excluding hydrogens is 388 g/mol. The minimum Gasteiger partial charge on any atom is -0.466 e. The summed E-state index contributed by atoms with van der Waals surface area (Å²) in [5.74, 6) is -0.512. The molecule has 0 atom stereocenters. The van der Waals surface area contributed by atoms with Crippen LogP contribution in [-0.2, 0) is 27.1 Å². The third kappa shape index (κ3) is 5.49. The summed E-state index contributed by atoms with van der Waals surface area (Å²) in [5, 5.41) is 0. The number of esters is 1. The molecule has 0 spiro atoms. The predicted molar refractivity (Wildman–Crippen MR) is 75.0 cm³/mol. The van der Waals surface area contributed by atoms with Crippen molar-refractivity contribution in [3.8, 4) is 0 Å². The molecule has 0 aromatic heterocycles. The smallest absolute Gasteiger partial charge is 0.416 e. The zero-order valence-corrected chi connectivity index (χ0v) is 12.7. The standard InChI is InChI=1S/C13H12F3IO3/c1-19-12(18)3-2-6-20-8-9-7-10(13(14,15)16)4-5-11(9)17/h2-5,7H,6,8H2,1H3/b3-2+. The SMILES string of the molecule is COC(=O)/C=C/COCc1cc(C(F)(F)F)ccc1I. The highest BCUT2D eigenvalue weighted by Gasteiger charge is 2.30. The summed E-state index contributed by atoms with van der Waals surface area (Å²) in [6.45, 7) is 0.148. The van der Waals surface area contributed by atoms with Crippen LogP contribution in [0.1, 0.15) is 11.1 Å². The van der Waals surface area contributed by atoms with E-state index in [9.17, 15) is 18.0 Å². The molecule has 0 heterocycles. The third-order valence-electron chi connectivity index (χ3n) is 2.30. The lowest BCUT2D eigenvalue weighted by molar-refractivity contribution is -0.137. The second-order valence-electron chi connectivity index (χ2n) is 3.74. The summed E-state index contributed by atoms with van der Waals surface area (Å²) < 4.78 is 48.0. The zero-order valence-electron chi connectivity index (χ0n) is 10.5. The molecule has 0 N–H and O–H groups in total. The maximum absolute atomic E-state index is 12.6. The maximum Gasteiger partial charge on any atom is 0.416 e. The van der Waals surface area contributed by atoms with Crippen LogP contribution < -0.4 is 0 Å². The van der Waals surface area contributed by atoms with Gasteiger partial charge >= 0.3 is 12.1 Å². The van der Waals surface area contributed by atoms with Crippen LogP contribution in [0.5, 0.6) is 0 Å². The first kappa shape index (κ1) is 17.0. The number of ether oxygens (including phenoxy) is 2. The third-order valence-corrected chi connectivity index (χ3v) is 3.35. The summed E-state index contributed by atoms with van der Waals surface area (Å²) in [6.07, 6.45) is -1.74. The van der Waals surface area contributed by atoms with Crippen LogP contribution in [0.2, 0.25) is 0 Å².